The molecular formula is C46H46BBrN4O6. The van der Waals surface area contributed by atoms with E-state index in [-0.39, 0.29) is 49.3 Å². The van der Waals surface area contributed by atoms with Crippen LogP contribution in [0.15, 0.2) is 150 Å². The molecule has 0 aliphatic rings. The number of Topliss-reactive ketones (excluding diaryl/α,β-unsaturated/α-hetero) is 2. The van der Waals surface area contributed by atoms with Gasteiger partial charge in [0.1, 0.15) is 0 Å². The van der Waals surface area contributed by atoms with Crippen LogP contribution in [0.5, 0.6) is 0 Å². The monoisotopic (exact) mass is 840 g/mol. The SMILES string of the molecule is Cc1cc(C(=O)NCC(=O)Cc2ccccc2N)ccc1-c1ccccc1.Cc1cc(C(=O)NCC(=O)Cc2ccccc2N)ccc1Br.OB(O)c1ccccc1. The number of para-hydroxylation sites is 2. The summed E-state index contributed by atoms with van der Waals surface area (Å²) in [6.07, 6.45) is 0.422. The molecule has 0 spiro atoms. The fraction of sp³-hybridized carbons (Fsp3) is 0.130. The average Bonchev–Trinajstić information content (AvgIpc) is 3.23. The number of nitrogen functional groups attached to an aromatic ring is 2. The number of carbonyl (C=O) groups excluding carboxylic acids is 4. The third-order valence-corrected chi connectivity index (χ3v) is 9.76. The Hall–Kier alpha value is -6.34. The zero-order valence-electron chi connectivity index (χ0n) is 32.3. The number of hydrogen-bond donors (Lipinski definition) is 6. The second kappa shape index (κ2) is 22.4. The minimum Gasteiger partial charge on any atom is -0.423 e. The molecule has 6 aromatic carbocycles. The lowest BCUT2D eigenvalue weighted by atomic mass is 9.81. The van der Waals surface area contributed by atoms with Crippen LogP contribution in [-0.2, 0) is 22.4 Å². The van der Waals surface area contributed by atoms with Gasteiger partial charge in [0, 0.05) is 39.8 Å². The number of rotatable bonds is 12. The molecule has 0 aliphatic carbocycles. The van der Waals surface area contributed by atoms with E-state index in [1.54, 1.807) is 54.6 Å². The summed E-state index contributed by atoms with van der Waals surface area (Å²) in [6, 6.07) is 44.0. The van der Waals surface area contributed by atoms with Gasteiger partial charge in [-0.15, -0.1) is 0 Å². The lowest BCUT2D eigenvalue weighted by Gasteiger charge is -2.10. The van der Waals surface area contributed by atoms with Gasteiger partial charge in [0.05, 0.1) is 13.1 Å². The first-order valence-electron chi connectivity index (χ1n) is 18.4. The summed E-state index contributed by atoms with van der Waals surface area (Å²) in [7, 11) is -1.34. The van der Waals surface area contributed by atoms with Crippen LogP contribution < -0.4 is 27.6 Å². The Labute approximate surface area is 347 Å². The topological polar surface area (TPSA) is 185 Å². The molecule has 0 atom stereocenters. The van der Waals surface area contributed by atoms with E-state index in [0.717, 1.165) is 37.9 Å². The predicted octanol–water partition coefficient (Wildman–Crippen LogP) is 6.03. The molecule has 0 heterocycles. The van der Waals surface area contributed by atoms with E-state index < -0.39 is 7.12 Å². The Morgan fingerprint density at radius 2 is 1.00 bits per heavy atom. The average molecular weight is 842 g/mol. The highest BCUT2D eigenvalue weighted by Gasteiger charge is 2.13. The summed E-state index contributed by atoms with van der Waals surface area (Å²) in [6.45, 7) is 3.85. The Morgan fingerprint density at radius 1 is 0.569 bits per heavy atom. The minimum absolute atomic E-state index is 0.0116. The lowest BCUT2D eigenvalue weighted by Crippen LogP contribution is -2.30. The van der Waals surface area contributed by atoms with Crippen LogP contribution in [-0.4, -0.2) is 53.6 Å². The fourth-order valence-corrected chi connectivity index (χ4v) is 5.91. The Kier molecular flexibility index (Phi) is 17.2. The van der Waals surface area contributed by atoms with Gasteiger partial charge >= 0.3 is 7.12 Å². The van der Waals surface area contributed by atoms with Gasteiger partial charge in [-0.2, -0.15) is 0 Å². The summed E-state index contributed by atoms with van der Waals surface area (Å²) < 4.78 is 0.944. The van der Waals surface area contributed by atoms with Gasteiger partial charge in [-0.25, -0.2) is 0 Å². The van der Waals surface area contributed by atoms with Crippen molar-refractivity contribution in [3.63, 3.8) is 0 Å². The molecule has 0 bridgehead atoms. The fourth-order valence-electron chi connectivity index (χ4n) is 5.66. The number of aryl methyl sites for hydroxylation is 2. The molecule has 8 N–H and O–H groups in total. The highest BCUT2D eigenvalue weighted by molar-refractivity contribution is 9.10. The molecule has 0 saturated heterocycles. The van der Waals surface area contributed by atoms with Crippen LogP contribution in [0.2, 0.25) is 0 Å². The van der Waals surface area contributed by atoms with Gasteiger partial charge in [0.25, 0.3) is 11.8 Å². The predicted molar refractivity (Wildman–Crippen MR) is 236 cm³/mol. The molecular weight excluding hydrogens is 795 g/mol. The van der Waals surface area contributed by atoms with Crippen molar-refractivity contribution in [3.8, 4) is 11.1 Å². The summed E-state index contributed by atoms with van der Waals surface area (Å²) in [5, 5.41) is 22.5. The number of carbonyl (C=O) groups is 4. The van der Waals surface area contributed by atoms with Crippen LogP contribution in [0.4, 0.5) is 11.4 Å². The first kappa shape index (κ1) is 44.4. The second-order valence-corrected chi connectivity index (χ2v) is 14.2. The molecule has 0 radical (unpaired) electrons. The number of nitrogens with two attached hydrogens (primary N) is 2. The first-order valence-corrected chi connectivity index (χ1v) is 19.2. The first-order chi connectivity index (χ1) is 27.8. The number of hydrogen-bond acceptors (Lipinski definition) is 8. The molecule has 6 aromatic rings. The molecule has 0 aromatic heterocycles. The van der Waals surface area contributed by atoms with Gasteiger partial charge in [-0.1, -0.05) is 119 Å². The highest BCUT2D eigenvalue weighted by Crippen LogP contribution is 2.24. The van der Waals surface area contributed by atoms with Gasteiger partial charge < -0.3 is 32.1 Å². The Bertz CT molecular complexity index is 2320. The van der Waals surface area contributed by atoms with Crippen molar-refractivity contribution in [1.82, 2.24) is 10.6 Å². The standard InChI is InChI=1S/C23H22N2O2.C17H17BrN2O2.C6H7BO2/c1-16-13-19(11-12-21(16)17-7-3-2-4-8-17)23(27)25-15-20(26)14-18-9-5-6-10-22(18)24;1-11-8-13(6-7-15(11)18)17(22)20-10-14(21)9-12-4-2-3-5-16(12)19;8-7(9)6-4-2-1-3-5-6/h2-13H,14-15,24H2,1H3,(H,25,27);2-8H,9-10,19H2,1H3,(H,20,22);1-5,8-9H. The number of anilines is 2. The van der Waals surface area contributed by atoms with Gasteiger partial charge in [0.2, 0.25) is 0 Å². The molecule has 0 unspecified atom stereocenters. The number of halogens is 1. The van der Waals surface area contributed by atoms with E-state index in [1.807, 2.05) is 105 Å². The normalized spacial score (nSPS) is 10.2. The maximum Gasteiger partial charge on any atom is 0.488 e. The number of ketones is 2. The van der Waals surface area contributed by atoms with Crippen LogP contribution >= 0.6 is 15.9 Å². The second-order valence-electron chi connectivity index (χ2n) is 13.3. The molecule has 2 amide bonds. The van der Waals surface area contributed by atoms with Crippen molar-refractivity contribution in [3.05, 3.63) is 183 Å². The van der Waals surface area contributed by atoms with E-state index in [1.165, 1.54) is 0 Å². The zero-order chi connectivity index (χ0) is 42.0. The Morgan fingerprint density at radius 3 is 1.43 bits per heavy atom. The molecule has 296 valence electrons. The quantitative estimate of drug-likeness (QED) is 0.0637. The summed E-state index contributed by atoms with van der Waals surface area (Å²) >= 11 is 3.39. The number of benzene rings is 6. The van der Waals surface area contributed by atoms with Crippen LogP contribution in [0.25, 0.3) is 11.1 Å². The van der Waals surface area contributed by atoms with E-state index in [0.29, 0.717) is 28.0 Å². The molecule has 12 heteroatoms. The van der Waals surface area contributed by atoms with E-state index in [9.17, 15) is 19.2 Å². The van der Waals surface area contributed by atoms with Crippen LogP contribution in [0.3, 0.4) is 0 Å². The van der Waals surface area contributed by atoms with E-state index >= 15 is 0 Å². The van der Waals surface area contributed by atoms with Crippen molar-refractivity contribution in [2.75, 3.05) is 24.6 Å². The van der Waals surface area contributed by atoms with Crippen LogP contribution in [0, 0.1) is 13.8 Å². The molecule has 6 rings (SSSR count). The van der Waals surface area contributed by atoms with Gasteiger partial charge in [-0.3, -0.25) is 19.2 Å². The smallest absolute Gasteiger partial charge is 0.423 e. The van der Waals surface area contributed by atoms with Crippen molar-refractivity contribution >= 4 is 63.3 Å². The van der Waals surface area contributed by atoms with Crippen LogP contribution in [0.1, 0.15) is 43.0 Å². The lowest BCUT2D eigenvalue weighted by molar-refractivity contribution is -0.118. The number of nitrogens with one attached hydrogen (secondary N) is 2. The van der Waals surface area contributed by atoms with Crippen molar-refractivity contribution in [2.24, 2.45) is 0 Å². The van der Waals surface area contributed by atoms with E-state index in [2.05, 4.69) is 26.6 Å². The van der Waals surface area contributed by atoms with Crippen molar-refractivity contribution in [1.29, 1.82) is 0 Å². The van der Waals surface area contributed by atoms with Gasteiger partial charge in [-0.05, 0) is 95.2 Å². The summed E-state index contributed by atoms with van der Waals surface area (Å²) in [4.78, 5) is 48.5. The van der Waals surface area contributed by atoms with Gasteiger partial charge in [0.15, 0.2) is 11.6 Å². The maximum atomic E-state index is 12.4. The third kappa shape index (κ3) is 14.0. The third-order valence-electron chi connectivity index (χ3n) is 8.87. The molecule has 0 fully saturated rings. The van der Waals surface area contributed by atoms with Crippen molar-refractivity contribution in [2.45, 2.75) is 26.7 Å². The minimum atomic E-state index is -1.34. The van der Waals surface area contributed by atoms with Crippen molar-refractivity contribution < 1.29 is 29.2 Å². The highest BCUT2D eigenvalue weighted by atomic mass is 79.9. The summed E-state index contributed by atoms with van der Waals surface area (Å²) in [5.41, 5.74) is 20.2. The molecule has 0 saturated carbocycles. The molecule has 0 aliphatic heterocycles. The molecule has 10 nitrogen and oxygen atoms in total. The zero-order valence-corrected chi connectivity index (χ0v) is 33.9. The molecule has 58 heavy (non-hydrogen) atoms. The van der Waals surface area contributed by atoms with E-state index in [4.69, 9.17) is 21.5 Å². The Balaban J connectivity index is 0.000000214. The summed E-state index contributed by atoms with van der Waals surface area (Å²) in [5.74, 6) is -0.684. The maximum absolute atomic E-state index is 12.4. The largest absolute Gasteiger partial charge is 0.488 e. The number of amides is 2.